The lowest BCUT2D eigenvalue weighted by Crippen LogP contribution is -2.18. The Morgan fingerprint density at radius 2 is 1.74 bits per heavy atom. The van der Waals surface area contributed by atoms with Crippen LogP contribution in [0.3, 0.4) is 0 Å². The van der Waals surface area contributed by atoms with Crippen LogP contribution in [0.4, 0.5) is 19.0 Å². The van der Waals surface area contributed by atoms with Crippen LogP contribution in [0.15, 0.2) is 48.7 Å². The molecule has 2 nitrogen and oxygen atoms in total. The van der Waals surface area contributed by atoms with Crippen LogP contribution in [0.1, 0.15) is 24.1 Å². The van der Waals surface area contributed by atoms with E-state index in [0.29, 0.717) is 5.82 Å². The summed E-state index contributed by atoms with van der Waals surface area (Å²) in [4.78, 5) is 2.61. The van der Waals surface area contributed by atoms with Crippen LogP contribution >= 0.6 is 0 Å². The molecule has 100 valence electrons. The second-order valence-corrected chi connectivity index (χ2v) is 4.27. The predicted octanol–water partition coefficient (Wildman–Crippen LogP) is 3.69. The van der Waals surface area contributed by atoms with E-state index in [-0.39, 0.29) is 6.04 Å². The van der Waals surface area contributed by atoms with Gasteiger partial charge in [-0.05, 0) is 18.6 Å². The Morgan fingerprint density at radius 3 is 2.26 bits per heavy atom. The summed E-state index contributed by atoms with van der Waals surface area (Å²) in [7, 11) is 0. The van der Waals surface area contributed by atoms with Gasteiger partial charge in [0.1, 0.15) is 12.2 Å². The molecule has 2 N–H and O–H groups in total. The molecular weight excluding hydrogens is 253 g/mol. The second-order valence-electron chi connectivity index (χ2n) is 4.27. The first kappa shape index (κ1) is 13.4. The molecule has 1 aromatic heterocycles. The number of H-pyrrole nitrogens is 1. The quantitative estimate of drug-likeness (QED) is 0.901. The highest BCUT2D eigenvalue weighted by atomic mass is 19.4. The summed E-state index contributed by atoms with van der Waals surface area (Å²) in [5.41, 5.74) is 0.376. The van der Waals surface area contributed by atoms with Gasteiger partial charge in [0.15, 0.2) is 0 Å². The van der Waals surface area contributed by atoms with Crippen molar-refractivity contribution in [1.82, 2.24) is 0 Å². The predicted molar refractivity (Wildman–Crippen MR) is 66.5 cm³/mol. The number of hydrogen-bond acceptors (Lipinski definition) is 1. The summed E-state index contributed by atoms with van der Waals surface area (Å²) in [6.07, 6.45) is -3.36. The van der Waals surface area contributed by atoms with Gasteiger partial charge in [-0.1, -0.05) is 30.3 Å². The first-order valence-corrected chi connectivity index (χ1v) is 5.87. The molecule has 0 aliphatic carbocycles. The van der Waals surface area contributed by atoms with E-state index in [4.69, 9.17) is 0 Å². The van der Waals surface area contributed by atoms with Crippen LogP contribution in [0.5, 0.6) is 0 Å². The van der Waals surface area contributed by atoms with Crippen molar-refractivity contribution >= 4 is 5.82 Å². The van der Waals surface area contributed by atoms with E-state index in [1.807, 2.05) is 37.3 Å². The molecule has 1 atom stereocenters. The van der Waals surface area contributed by atoms with Crippen molar-refractivity contribution < 1.29 is 18.2 Å². The Kier molecular flexibility index (Phi) is 3.74. The molecule has 2 rings (SSSR count). The van der Waals surface area contributed by atoms with Gasteiger partial charge >= 0.3 is 6.18 Å². The third-order valence-corrected chi connectivity index (χ3v) is 2.81. The second kappa shape index (κ2) is 5.30. The molecule has 2 aromatic rings. The lowest BCUT2D eigenvalue weighted by Gasteiger charge is -2.10. The van der Waals surface area contributed by atoms with Gasteiger partial charge in [0, 0.05) is 6.07 Å². The third-order valence-electron chi connectivity index (χ3n) is 2.81. The standard InChI is InChI=1S/C14H13F3N2/c1-10(11-5-3-2-4-6-11)19-13-8-7-12(9-18-13)14(15,16)17/h2-10H,1H3,(H,18,19)/p+1/t10-/m1/s1. The number of halogens is 3. The van der Waals surface area contributed by atoms with E-state index in [9.17, 15) is 13.2 Å². The molecule has 1 aromatic carbocycles. The maximum Gasteiger partial charge on any atom is 0.419 e. The van der Waals surface area contributed by atoms with E-state index in [0.717, 1.165) is 17.8 Å². The molecule has 0 aliphatic rings. The Labute approximate surface area is 109 Å². The first-order chi connectivity index (χ1) is 8.97. The number of anilines is 1. The molecule has 1 heterocycles. The first-order valence-electron chi connectivity index (χ1n) is 5.87. The minimum atomic E-state index is -4.32. The number of nitrogens with one attached hydrogen (secondary N) is 2. The van der Waals surface area contributed by atoms with Crippen LogP contribution in [0, 0.1) is 0 Å². The van der Waals surface area contributed by atoms with E-state index in [2.05, 4.69) is 10.3 Å². The molecule has 0 bridgehead atoms. The van der Waals surface area contributed by atoms with Gasteiger partial charge in [-0.3, -0.25) is 5.32 Å². The highest BCUT2D eigenvalue weighted by Crippen LogP contribution is 2.28. The summed E-state index contributed by atoms with van der Waals surface area (Å²) in [5.74, 6) is 0.546. The number of pyridine rings is 1. The molecule has 19 heavy (non-hydrogen) atoms. The normalized spacial score (nSPS) is 13.1. The minimum absolute atomic E-state index is 0.00851. The summed E-state index contributed by atoms with van der Waals surface area (Å²) in [6, 6.07) is 12.1. The number of hydrogen-bond donors (Lipinski definition) is 1. The van der Waals surface area contributed by atoms with Crippen molar-refractivity contribution in [2.75, 3.05) is 5.32 Å². The van der Waals surface area contributed by atoms with Crippen LogP contribution in [0.2, 0.25) is 0 Å². The zero-order chi connectivity index (χ0) is 13.9. The van der Waals surface area contributed by atoms with E-state index >= 15 is 0 Å². The number of aromatic amines is 1. The molecule has 0 fully saturated rings. The molecule has 0 amide bonds. The van der Waals surface area contributed by atoms with Crippen molar-refractivity contribution in [3.05, 3.63) is 59.8 Å². The molecule has 0 saturated carbocycles. The highest BCUT2D eigenvalue weighted by Gasteiger charge is 2.31. The number of benzene rings is 1. The largest absolute Gasteiger partial charge is 0.419 e. The summed E-state index contributed by atoms with van der Waals surface area (Å²) >= 11 is 0. The average molecular weight is 267 g/mol. The Balaban J connectivity index is 2.08. The molecule has 0 aliphatic heterocycles. The van der Waals surface area contributed by atoms with Crippen molar-refractivity contribution in [2.24, 2.45) is 0 Å². The van der Waals surface area contributed by atoms with Crippen LogP contribution in [0.25, 0.3) is 0 Å². The van der Waals surface area contributed by atoms with Crippen LogP contribution in [-0.2, 0) is 6.18 Å². The van der Waals surface area contributed by atoms with Crippen molar-refractivity contribution in [1.29, 1.82) is 0 Å². The van der Waals surface area contributed by atoms with Crippen LogP contribution in [-0.4, -0.2) is 0 Å². The van der Waals surface area contributed by atoms with Crippen molar-refractivity contribution in [3.8, 4) is 0 Å². The zero-order valence-corrected chi connectivity index (χ0v) is 10.3. The zero-order valence-electron chi connectivity index (χ0n) is 10.3. The number of aromatic nitrogens is 1. The summed E-state index contributed by atoms with van der Waals surface area (Å²) in [6.45, 7) is 1.95. The van der Waals surface area contributed by atoms with E-state index in [1.54, 1.807) is 0 Å². The lowest BCUT2D eigenvalue weighted by molar-refractivity contribution is -0.365. The van der Waals surface area contributed by atoms with Crippen molar-refractivity contribution in [3.63, 3.8) is 0 Å². The SMILES string of the molecule is C[C@@H](Nc1ccc(C(F)(F)F)c[nH+]1)c1ccccc1. The summed E-state index contributed by atoms with van der Waals surface area (Å²) in [5, 5.41) is 3.11. The third kappa shape index (κ3) is 3.47. The molecule has 0 spiro atoms. The van der Waals surface area contributed by atoms with E-state index in [1.165, 1.54) is 6.07 Å². The van der Waals surface area contributed by atoms with Gasteiger partial charge in [-0.2, -0.15) is 13.2 Å². The Hall–Kier alpha value is -2.04. The smallest absolute Gasteiger partial charge is 0.268 e. The van der Waals surface area contributed by atoms with Gasteiger partial charge in [-0.15, -0.1) is 0 Å². The van der Waals surface area contributed by atoms with E-state index < -0.39 is 11.7 Å². The van der Waals surface area contributed by atoms with Gasteiger partial charge in [0.2, 0.25) is 0 Å². The Morgan fingerprint density at radius 1 is 1.05 bits per heavy atom. The maximum absolute atomic E-state index is 12.4. The minimum Gasteiger partial charge on any atom is -0.268 e. The molecule has 0 saturated heterocycles. The van der Waals surface area contributed by atoms with Gasteiger partial charge in [0.25, 0.3) is 5.82 Å². The maximum atomic E-state index is 12.4. The van der Waals surface area contributed by atoms with Gasteiger partial charge in [0.05, 0.1) is 5.56 Å². The fourth-order valence-electron chi connectivity index (χ4n) is 1.75. The van der Waals surface area contributed by atoms with Gasteiger partial charge in [-0.25, -0.2) is 4.98 Å². The summed E-state index contributed by atoms with van der Waals surface area (Å²) < 4.78 is 37.2. The Bertz CT molecular complexity index is 521. The highest BCUT2D eigenvalue weighted by molar-refractivity contribution is 5.34. The molecular formula is C14H14F3N2+. The lowest BCUT2D eigenvalue weighted by atomic mass is 10.1. The van der Waals surface area contributed by atoms with Gasteiger partial charge < -0.3 is 0 Å². The monoisotopic (exact) mass is 267 g/mol. The topological polar surface area (TPSA) is 26.2 Å². The number of rotatable bonds is 3. The fourth-order valence-corrected chi connectivity index (χ4v) is 1.75. The molecule has 0 unspecified atom stereocenters. The van der Waals surface area contributed by atoms with Crippen molar-refractivity contribution in [2.45, 2.75) is 19.1 Å². The molecule has 5 heteroatoms. The average Bonchev–Trinajstić information content (AvgIpc) is 2.39. The fraction of sp³-hybridized carbons (Fsp3) is 0.214. The van der Waals surface area contributed by atoms with Crippen LogP contribution < -0.4 is 10.3 Å². The molecule has 0 radical (unpaired) electrons. The number of alkyl halides is 3.